The van der Waals surface area contributed by atoms with E-state index in [1.165, 1.54) is 6.42 Å². The Bertz CT molecular complexity index is 470. The van der Waals surface area contributed by atoms with Crippen LogP contribution in [0.15, 0.2) is 24.3 Å². The van der Waals surface area contributed by atoms with E-state index in [9.17, 15) is 4.79 Å². The Labute approximate surface area is 113 Å². The highest BCUT2D eigenvalue weighted by molar-refractivity contribution is 5.94. The average molecular weight is 258 g/mol. The zero-order valence-corrected chi connectivity index (χ0v) is 11.1. The Balaban J connectivity index is 1.95. The summed E-state index contributed by atoms with van der Waals surface area (Å²) in [5, 5.41) is 8.73. The highest BCUT2D eigenvalue weighted by atomic mass is 16.5. The van der Waals surface area contributed by atoms with Gasteiger partial charge in [0, 0.05) is 25.8 Å². The van der Waals surface area contributed by atoms with E-state index in [4.69, 9.17) is 10.00 Å². The van der Waals surface area contributed by atoms with Crippen LogP contribution in [0.1, 0.15) is 35.2 Å². The van der Waals surface area contributed by atoms with E-state index in [0.29, 0.717) is 17.7 Å². The van der Waals surface area contributed by atoms with E-state index in [2.05, 4.69) is 0 Å². The van der Waals surface area contributed by atoms with Crippen molar-refractivity contribution < 1.29 is 9.53 Å². The van der Waals surface area contributed by atoms with Crippen LogP contribution >= 0.6 is 0 Å². The fourth-order valence-corrected chi connectivity index (χ4v) is 2.25. The van der Waals surface area contributed by atoms with E-state index >= 15 is 0 Å². The lowest BCUT2D eigenvalue weighted by Crippen LogP contribution is -2.37. The predicted molar refractivity (Wildman–Crippen MR) is 71.7 cm³/mol. The summed E-state index contributed by atoms with van der Waals surface area (Å²) in [5.74, 6) is -0.0290. The van der Waals surface area contributed by atoms with Gasteiger partial charge in [-0.15, -0.1) is 0 Å². The SMILES string of the molecule is CN(CC1CCCCO1)C(=O)c1ccc(C#N)cc1. The van der Waals surface area contributed by atoms with E-state index in [0.717, 1.165) is 19.4 Å². The summed E-state index contributed by atoms with van der Waals surface area (Å²) in [6, 6.07) is 8.76. The Hall–Kier alpha value is -1.86. The maximum atomic E-state index is 12.2. The number of hydrogen-bond acceptors (Lipinski definition) is 3. The highest BCUT2D eigenvalue weighted by Crippen LogP contribution is 2.14. The molecular weight excluding hydrogens is 240 g/mol. The normalized spacial score (nSPS) is 18.6. The standard InChI is InChI=1S/C15H18N2O2/c1-17(11-14-4-2-3-9-19-14)15(18)13-7-5-12(10-16)6-8-13/h5-8,14H,2-4,9,11H2,1H3. The lowest BCUT2D eigenvalue weighted by molar-refractivity contribution is -0.000187. The van der Waals surface area contributed by atoms with Crippen LogP contribution in [0.25, 0.3) is 0 Å². The lowest BCUT2D eigenvalue weighted by Gasteiger charge is -2.27. The Morgan fingerprint density at radius 3 is 2.74 bits per heavy atom. The number of likely N-dealkylation sites (N-methyl/N-ethyl adjacent to an activating group) is 1. The molecule has 1 amide bonds. The maximum absolute atomic E-state index is 12.2. The molecule has 100 valence electrons. The number of ether oxygens (including phenoxy) is 1. The molecule has 1 aliphatic rings. The van der Waals surface area contributed by atoms with Gasteiger partial charge >= 0.3 is 0 Å². The van der Waals surface area contributed by atoms with Gasteiger partial charge in [0.05, 0.1) is 17.7 Å². The van der Waals surface area contributed by atoms with Crippen molar-refractivity contribution in [3.63, 3.8) is 0 Å². The average Bonchev–Trinajstić information content (AvgIpc) is 2.47. The minimum Gasteiger partial charge on any atom is -0.376 e. The molecule has 0 saturated carbocycles. The monoisotopic (exact) mass is 258 g/mol. The second-order valence-corrected chi connectivity index (χ2v) is 4.86. The molecule has 1 aromatic carbocycles. The summed E-state index contributed by atoms with van der Waals surface area (Å²) in [7, 11) is 1.79. The third-order valence-electron chi connectivity index (χ3n) is 3.36. The van der Waals surface area contributed by atoms with Crippen LogP contribution in [0.3, 0.4) is 0 Å². The molecule has 1 aromatic rings. The van der Waals surface area contributed by atoms with Gasteiger partial charge in [-0.05, 0) is 43.5 Å². The summed E-state index contributed by atoms with van der Waals surface area (Å²) in [6.07, 6.45) is 3.46. The van der Waals surface area contributed by atoms with Gasteiger partial charge in [-0.3, -0.25) is 4.79 Å². The van der Waals surface area contributed by atoms with E-state index < -0.39 is 0 Å². The third-order valence-corrected chi connectivity index (χ3v) is 3.36. The molecule has 19 heavy (non-hydrogen) atoms. The maximum Gasteiger partial charge on any atom is 0.253 e. The summed E-state index contributed by atoms with van der Waals surface area (Å²) in [6.45, 7) is 1.42. The largest absolute Gasteiger partial charge is 0.376 e. The first-order valence-corrected chi connectivity index (χ1v) is 6.58. The summed E-state index contributed by atoms with van der Waals surface area (Å²) in [4.78, 5) is 13.9. The van der Waals surface area contributed by atoms with Crippen LogP contribution in [0.5, 0.6) is 0 Å². The van der Waals surface area contributed by atoms with Crippen LogP contribution < -0.4 is 0 Å². The van der Waals surface area contributed by atoms with Crippen molar-refractivity contribution in [2.24, 2.45) is 0 Å². The van der Waals surface area contributed by atoms with Crippen molar-refractivity contribution in [2.45, 2.75) is 25.4 Å². The first kappa shape index (κ1) is 13.6. The molecule has 1 aliphatic heterocycles. The molecule has 0 bridgehead atoms. The van der Waals surface area contributed by atoms with Gasteiger partial charge in [-0.25, -0.2) is 0 Å². The molecule has 0 aromatic heterocycles. The second kappa shape index (κ2) is 6.35. The molecule has 1 heterocycles. The molecule has 0 N–H and O–H groups in total. The van der Waals surface area contributed by atoms with Gasteiger partial charge in [0.25, 0.3) is 5.91 Å². The minimum absolute atomic E-state index is 0.0290. The predicted octanol–water partition coefficient (Wildman–Crippen LogP) is 2.20. The number of hydrogen-bond donors (Lipinski definition) is 0. The molecule has 1 atom stereocenters. The van der Waals surface area contributed by atoms with Crippen molar-refractivity contribution in [1.82, 2.24) is 4.90 Å². The Morgan fingerprint density at radius 1 is 1.42 bits per heavy atom. The number of nitriles is 1. The van der Waals surface area contributed by atoms with Gasteiger partial charge in [0.15, 0.2) is 0 Å². The highest BCUT2D eigenvalue weighted by Gasteiger charge is 2.19. The minimum atomic E-state index is -0.0290. The fraction of sp³-hybridized carbons (Fsp3) is 0.467. The summed E-state index contributed by atoms with van der Waals surface area (Å²) >= 11 is 0. The van der Waals surface area contributed by atoms with E-state index in [1.54, 1.807) is 36.2 Å². The fourth-order valence-electron chi connectivity index (χ4n) is 2.25. The molecule has 1 fully saturated rings. The quantitative estimate of drug-likeness (QED) is 0.835. The molecule has 0 radical (unpaired) electrons. The van der Waals surface area contributed by atoms with Crippen LogP contribution in [-0.2, 0) is 4.74 Å². The van der Waals surface area contributed by atoms with Gasteiger partial charge in [0.1, 0.15) is 0 Å². The zero-order valence-electron chi connectivity index (χ0n) is 11.1. The topological polar surface area (TPSA) is 53.3 Å². The van der Waals surface area contributed by atoms with Crippen molar-refractivity contribution in [3.05, 3.63) is 35.4 Å². The summed E-state index contributed by atoms with van der Waals surface area (Å²) < 4.78 is 5.63. The number of rotatable bonds is 3. The summed E-state index contributed by atoms with van der Waals surface area (Å²) in [5.41, 5.74) is 1.17. The second-order valence-electron chi connectivity index (χ2n) is 4.86. The van der Waals surface area contributed by atoms with Gasteiger partial charge in [-0.2, -0.15) is 5.26 Å². The van der Waals surface area contributed by atoms with E-state index in [-0.39, 0.29) is 12.0 Å². The molecule has 2 rings (SSSR count). The van der Waals surface area contributed by atoms with Crippen molar-refractivity contribution in [3.8, 4) is 6.07 Å². The van der Waals surface area contributed by atoms with Gasteiger partial charge in [0.2, 0.25) is 0 Å². The van der Waals surface area contributed by atoms with Crippen molar-refractivity contribution >= 4 is 5.91 Å². The Morgan fingerprint density at radius 2 is 2.16 bits per heavy atom. The molecule has 0 aliphatic carbocycles. The molecular formula is C15H18N2O2. The molecule has 1 unspecified atom stereocenters. The van der Waals surface area contributed by atoms with Crippen LogP contribution in [0, 0.1) is 11.3 Å². The molecule has 4 heteroatoms. The number of carbonyl (C=O) groups is 1. The molecule has 0 spiro atoms. The van der Waals surface area contributed by atoms with Crippen molar-refractivity contribution in [2.75, 3.05) is 20.2 Å². The first-order valence-electron chi connectivity index (χ1n) is 6.58. The van der Waals surface area contributed by atoms with Gasteiger partial charge < -0.3 is 9.64 Å². The Kier molecular flexibility index (Phi) is 4.53. The van der Waals surface area contributed by atoms with Crippen LogP contribution in [0.2, 0.25) is 0 Å². The van der Waals surface area contributed by atoms with Gasteiger partial charge in [-0.1, -0.05) is 0 Å². The van der Waals surface area contributed by atoms with Crippen molar-refractivity contribution in [1.29, 1.82) is 5.26 Å². The van der Waals surface area contributed by atoms with E-state index in [1.807, 2.05) is 6.07 Å². The third kappa shape index (κ3) is 3.55. The smallest absolute Gasteiger partial charge is 0.253 e. The lowest BCUT2D eigenvalue weighted by atomic mass is 10.1. The zero-order chi connectivity index (χ0) is 13.7. The number of amides is 1. The molecule has 4 nitrogen and oxygen atoms in total. The van der Waals surface area contributed by atoms with Crippen LogP contribution in [-0.4, -0.2) is 37.1 Å². The first-order chi connectivity index (χ1) is 9.20. The molecule has 1 saturated heterocycles. The number of benzene rings is 1. The van der Waals surface area contributed by atoms with Crippen LogP contribution in [0.4, 0.5) is 0 Å². The number of nitrogens with zero attached hydrogens (tertiary/aromatic N) is 2. The number of carbonyl (C=O) groups excluding carboxylic acids is 1.